The van der Waals surface area contributed by atoms with Crippen LogP contribution in [0, 0.1) is 6.92 Å². The lowest BCUT2D eigenvalue weighted by atomic mass is 9.90. The maximum absolute atomic E-state index is 13.0. The summed E-state index contributed by atoms with van der Waals surface area (Å²) in [6, 6.07) is 6.00. The van der Waals surface area contributed by atoms with Crippen molar-refractivity contribution in [1.82, 2.24) is 0 Å². The smallest absolute Gasteiger partial charge is 0.311 e. The Balaban J connectivity index is 3.06. The number of aliphatic carboxylic acids is 1. The number of halogens is 4. The van der Waals surface area contributed by atoms with Crippen LogP contribution in [0.5, 0.6) is 0 Å². The first-order valence-electron chi connectivity index (χ1n) is 5.20. The molecule has 1 aromatic rings. The van der Waals surface area contributed by atoms with Crippen molar-refractivity contribution in [3.63, 3.8) is 0 Å². The van der Waals surface area contributed by atoms with E-state index in [9.17, 15) is 22.4 Å². The number of carboxylic acid groups (broad SMARTS) is 1. The zero-order chi connectivity index (χ0) is 13.9. The molecule has 1 unspecified atom stereocenters. The average Bonchev–Trinajstić information content (AvgIpc) is 2.26. The number of carbonyl (C=O) groups is 1. The van der Waals surface area contributed by atoms with Gasteiger partial charge < -0.3 is 5.11 Å². The van der Waals surface area contributed by atoms with Crippen molar-refractivity contribution < 1.29 is 27.5 Å². The molecule has 1 aromatic carbocycles. The number of hydrogen-bond donors (Lipinski definition) is 1. The topological polar surface area (TPSA) is 37.3 Å². The third-order valence-electron chi connectivity index (χ3n) is 2.66. The van der Waals surface area contributed by atoms with Crippen LogP contribution in [0.25, 0.3) is 0 Å². The minimum Gasteiger partial charge on any atom is -0.481 e. The van der Waals surface area contributed by atoms with Gasteiger partial charge in [0.1, 0.15) is 0 Å². The molecule has 0 fully saturated rings. The summed E-state index contributed by atoms with van der Waals surface area (Å²) in [5.41, 5.74) is 0.611. The van der Waals surface area contributed by atoms with Gasteiger partial charge in [0.15, 0.2) is 0 Å². The Labute approximate surface area is 101 Å². The van der Waals surface area contributed by atoms with Crippen LogP contribution in [0.2, 0.25) is 0 Å². The van der Waals surface area contributed by atoms with Gasteiger partial charge in [-0.2, -0.15) is 0 Å². The summed E-state index contributed by atoms with van der Waals surface area (Å²) in [4.78, 5) is 11.0. The second-order valence-corrected chi connectivity index (χ2v) is 4.01. The maximum Gasteiger partial charge on any atom is 0.311 e. The van der Waals surface area contributed by atoms with Crippen molar-refractivity contribution in [2.45, 2.75) is 31.6 Å². The van der Waals surface area contributed by atoms with Crippen LogP contribution in [0.3, 0.4) is 0 Å². The van der Waals surface area contributed by atoms with Crippen LogP contribution in [-0.2, 0) is 4.79 Å². The first-order chi connectivity index (χ1) is 8.25. The van der Waals surface area contributed by atoms with Crippen molar-refractivity contribution >= 4 is 5.97 Å². The molecule has 6 heteroatoms. The fourth-order valence-electron chi connectivity index (χ4n) is 1.67. The molecule has 100 valence electrons. The highest BCUT2D eigenvalue weighted by Crippen LogP contribution is 2.35. The Hall–Kier alpha value is -1.59. The van der Waals surface area contributed by atoms with Gasteiger partial charge in [-0.15, -0.1) is 0 Å². The lowest BCUT2D eigenvalue weighted by Crippen LogP contribution is -2.31. The summed E-state index contributed by atoms with van der Waals surface area (Å²) in [5.74, 6) is -7.49. The van der Waals surface area contributed by atoms with Gasteiger partial charge in [0.2, 0.25) is 0 Å². The molecule has 1 N–H and O–H groups in total. The molecule has 0 spiro atoms. The molecule has 0 amide bonds. The zero-order valence-electron chi connectivity index (χ0n) is 9.54. The first-order valence-corrected chi connectivity index (χ1v) is 5.20. The summed E-state index contributed by atoms with van der Waals surface area (Å²) < 4.78 is 50.1. The molecular formula is C12H12F4O2. The SMILES string of the molecule is Cc1ccccc1C(CC(F)(F)C(F)F)C(=O)O. The highest BCUT2D eigenvalue weighted by atomic mass is 19.3. The number of rotatable bonds is 5. The van der Waals surface area contributed by atoms with E-state index in [0.717, 1.165) is 0 Å². The van der Waals surface area contributed by atoms with Crippen LogP contribution in [0.15, 0.2) is 24.3 Å². The first kappa shape index (κ1) is 14.5. The summed E-state index contributed by atoms with van der Waals surface area (Å²) in [6.07, 6.45) is -5.28. The fourth-order valence-corrected chi connectivity index (χ4v) is 1.67. The molecule has 1 rings (SSSR count). The highest BCUT2D eigenvalue weighted by molar-refractivity contribution is 5.76. The number of benzene rings is 1. The molecule has 0 saturated carbocycles. The normalized spacial score (nSPS) is 13.7. The molecule has 18 heavy (non-hydrogen) atoms. The molecule has 0 bridgehead atoms. The van der Waals surface area contributed by atoms with Gasteiger partial charge in [0.25, 0.3) is 0 Å². The van der Waals surface area contributed by atoms with E-state index in [1.54, 1.807) is 19.1 Å². The van der Waals surface area contributed by atoms with E-state index in [1.165, 1.54) is 12.1 Å². The second-order valence-electron chi connectivity index (χ2n) is 4.01. The fraction of sp³-hybridized carbons (Fsp3) is 0.417. The third-order valence-corrected chi connectivity index (χ3v) is 2.66. The third kappa shape index (κ3) is 3.21. The predicted molar refractivity (Wildman–Crippen MR) is 57.1 cm³/mol. The number of carboxylic acids is 1. The minimum atomic E-state index is -4.31. The minimum absolute atomic E-state index is 0.130. The van der Waals surface area contributed by atoms with Gasteiger partial charge in [0.05, 0.1) is 5.92 Å². The van der Waals surface area contributed by atoms with Crippen molar-refractivity contribution in [1.29, 1.82) is 0 Å². The van der Waals surface area contributed by atoms with Crippen LogP contribution in [-0.4, -0.2) is 23.4 Å². The van der Waals surface area contributed by atoms with E-state index < -0.39 is 30.7 Å². The van der Waals surface area contributed by atoms with E-state index in [2.05, 4.69) is 0 Å². The molecule has 0 heterocycles. The Bertz CT molecular complexity index is 432. The molecule has 0 aliphatic carbocycles. The number of hydrogen-bond acceptors (Lipinski definition) is 1. The summed E-state index contributed by atoms with van der Waals surface area (Å²) in [7, 11) is 0. The van der Waals surface area contributed by atoms with Gasteiger partial charge >= 0.3 is 18.3 Å². The molecule has 0 aromatic heterocycles. The summed E-state index contributed by atoms with van der Waals surface area (Å²) in [5, 5.41) is 8.92. The quantitative estimate of drug-likeness (QED) is 0.827. The van der Waals surface area contributed by atoms with Gasteiger partial charge in [-0.05, 0) is 18.1 Å². The van der Waals surface area contributed by atoms with E-state index in [1.807, 2.05) is 0 Å². The van der Waals surface area contributed by atoms with Gasteiger partial charge in [0, 0.05) is 6.42 Å². The zero-order valence-corrected chi connectivity index (χ0v) is 9.54. The Morgan fingerprint density at radius 3 is 2.33 bits per heavy atom. The number of alkyl halides is 4. The summed E-state index contributed by atoms with van der Waals surface area (Å²) in [6.45, 7) is 1.55. The van der Waals surface area contributed by atoms with Crippen molar-refractivity contribution in [2.75, 3.05) is 0 Å². The standard InChI is InChI=1S/C12H12F4O2/c1-7-4-2-3-5-8(7)9(10(17)18)6-12(15,16)11(13)14/h2-5,9,11H,6H2,1H3,(H,17,18). The predicted octanol–water partition coefficient (Wildman–Crippen LogP) is 3.45. The van der Waals surface area contributed by atoms with E-state index in [-0.39, 0.29) is 5.56 Å². The number of aryl methyl sites for hydroxylation is 1. The molecule has 2 nitrogen and oxygen atoms in total. The van der Waals surface area contributed by atoms with Crippen LogP contribution in [0.1, 0.15) is 23.5 Å². The van der Waals surface area contributed by atoms with E-state index >= 15 is 0 Å². The van der Waals surface area contributed by atoms with Crippen molar-refractivity contribution in [3.8, 4) is 0 Å². The van der Waals surface area contributed by atoms with E-state index in [0.29, 0.717) is 5.56 Å². The van der Waals surface area contributed by atoms with Gasteiger partial charge in [-0.25, -0.2) is 17.6 Å². The maximum atomic E-state index is 13.0. The molecule has 0 saturated heterocycles. The molecule has 0 radical (unpaired) electrons. The summed E-state index contributed by atoms with van der Waals surface area (Å²) >= 11 is 0. The van der Waals surface area contributed by atoms with Crippen LogP contribution < -0.4 is 0 Å². The monoisotopic (exact) mass is 264 g/mol. The second kappa shape index (κ2) is 5.37. The van der Waals surface area contributed by atoms with Crippen LogP contribution >= 0.6 is 0 Å². The Morgan fingerprint density at radius 2 is 1.89 bits per heavy atom. The van der Waals surface area contributed by atoms with Gasteiger partial charge in [-0.3, -0.25) is 4.79 Å². The molecule has 0 aliphatic rings. The highest BCUT2D eigenvalue weighted by Gasteiger charge is 2.45. The average molecular weight is 264 g/mol. The van der Waals surface area contributed by atoms with Crippen molar-refractivity contribution in [2.24, 2.45) is 0 Å². The Morgan fingerprint density at radius 1 is 1.33 bits per heavy atom. The van der Waals surface area contributed by atoms with E-state index in [4.69, 9.17) is 5.11 Å². The van der Waals surface area contributed by atoms with Gasteiger partial charge in [-0.1, -0.05) is 24.3 Å². The lowest BCUT2D eigenvalue weighted by Gasteiger charge is -2.21. The molecular weight excluding hydrogens is 252 g/mol. The lowest BCUT2D eigenvalue weighted by molar-refractivity contribution is -0.153. The molecule has 1 atom stereocenters. The molecule has 0 aliphatic heterocycles. The largest absolute Gasteiger partial charge is 0.481 e. The Kier molecular flexibility index (Phi) is 4.32. The van der Waals surface area contributed by atoms with Crippen LogP contribution in [0.4, 0.5) is 17.6 Å². The van der Waals surface area contributed by atoms with Crippen molar-refractivity contribution in [3.05, 3.63) is 35.4 Å².